The molecule has 0 aromatic heterocycles. The van der Waals surface area contributed by atoms with E-state index in [-0.39, 0.29) is 11.3 Å². The van der Waals surface area contributed by atoms with Gasteiger partial charge in [0.25, 0.3) is 11.6 Å². The first kappa shape index (κ1) is 16.2. The van der Waals surface area contributed by atoms with Crippen molar-refractivity contribution in [3.63, 3.8) is 0 Å². The van der Waals surface area contributed by atoms with E-state index in [1.165, 1.54) is 44.4 Å². The van der Waals surface area contributed by atoms with Gasteiger partial charge in [0, 0.05) is 22.9 Å². The van der Waals surface area contributed by atoms with E-state index in [4.69, 9.17) is 0 Å². The molecule has 0 radical (unpaired) electrons. The Labute approximate surface area is 132 Å². The highest BCUT2D eigenvalue weighted by atomic mass is 16.6. The molecule has 0 fully saturated rings. The summed E-state index contributed by atoms with van der Waals surface area (Å²) < 4.78 is 4.59. The van der Waals surface area contributed by atoms with E-state index in [9.17, 15) is 19.7 Å². The Morgan fingerprint density at radius 1 is 1.13 bits per heavy atom. The quantitative estimate of drug-likeness (QED) is 0.531. The lowest BCUT2D eigenvalue weighted by Gasteiger charge is -2.08. The molecule has 0 aliphatic carbocycles. The number of anilines is 1. The molecule has 0 atom stereocenters. The van der Waals surface area contributed by atoms with Crippen molar-refractivity contribution in [3.8, 4) is 0 Å². The van der Waals surface area contributed by atoms with Gasteiger partial charge in [0.15, 0.2) is 0 Å². The van der Waals surface area contributed by atoms with Crippen LogP contribution in [-0.2, 0) is 4.74 Å². The molecular formula is C16H14N2O5. The smallest absolute Gasteiger partial charge is 0.337 e. The summed E-state index contributed by atoms with van der Waals surface area (Å²) in [4.78, 5) is 34.0. The van der Waals surface area contributed by atoms with Crippen LogP contribution in [-0.4, -0.2) is 23.9 Å². The van der Waals surface area contributed by atoms with Crippen LogP contribution in [0.25, 0.3) is 0 Å². The summed E-state index contributed by atoms with van der Waals surface area (Å²) in [5.41, 5.74) is 1.22. The van der Waals surface area contributed by atoms with Crippen LogP contribution in [0.5, 0.6) is 0 Å². The highest BCUT2D eigenvalue weighted by molar-refractivity contribution is 6.06. The minimum absolute atomic E-state index is 0.112. The Hall–Kier alpha value is -3.22. The number of amides is 1. The number of esters is 1. The number of carbonyl (C=O) groups excluding carboxylic acids is 2. The van der Waals surface area contributed by atoms with Crippen molar-refractivity contribution < 1.29 is 19.2 Å². The average Bonchev–Trinajstić information content (AvgIpc) is 2.54. The number of benzene rings is 2. The number of rotatable bonds is 4. The standard InChI is InChI=1S/C16H14N2O5/c1-10-13(4-3-5-14(10)18(21)22)15(19)17-12-8-6-11(7-9-12)16(20)23-2/h3-9H,1-2H3,(H,17,19). The van der Waals surface area contributed by atoms with Crippen LogP contribution in [0.2, 0.25) is 0 Å². The van der Waals surface area contributed by atoms with Crippen molar-refractivity contribution in [2.75, 3.05) is 12.4 Å². The molecule has 0 bridgehead atoms. The summed E-state index contributed by atoms with van der Waals surface area (Å²) in [6.45, 7) is 1.52. The van der Waals surface area contributed by atoms with Crippen molar-refractivity contribution >= 4 is 23.3 Å². The van der Waals surface area contributed by atoms with Gasteiger partial charge < -0.3 is 10.1 Å². The number of hydrogen-bond acceptors (Lipinski definition) is 5. The van der Waals surface area contributed by atoms with Crippen LogP contribution < -0.4 is 5.32 Å². The molecule has 0 aliphatic heterocycles. The van der Waals surface area contributed by atoms with Gasteiger partial charge in [-0.25, -0.2) is 4.79 Å². The second-order valence-corrected chi connectivity index (χ2v) is 4.73. The molecule has 23 heavy (non-hydrogen) atoms. The normalized spacial score (nSPS) is 10.0. The third-order valence-corrected chi connectivity index (χ3v) is 3.31. The Kier molecular flexibility index (Phi) is 4.70. The Balaban J connectivity index is 2.21. The highest BCUT2D eigenvalue weighted by Gasteiger charge is 2.18. The van der Waals surface area contributed by atoms with Gasteiger partial charge in [-0.1, -0.05) is 6.07 Å². The Morgan fingerprint density at radius 2 is 1.78 bits per heavy atom. The number of nitro benzene ring substituents is 1. The molecule has 1 N–H and O–H groups in total. The van der Waals surface area contributed by atoms with Crippen LogP contribution >= 0.6 is 0 Å². The monoisotopic (exact) mass is 314 g/mol. The van der Waals surface area contributed by atoms with E-state index in [0.29, 0.717) is 16.8 Å². The predicted octanol–water partition coefficient (Wildman–Crippen LogP) is 2.94. The maximum Gasteiger partial charge on any atom is 0.337 e. The van der Waals surface area contributed by atoms with Crippen molar-refractivity contribution in [1.82, 2.24) is 0 Å². The largest absolute Gasteiger partial charge is 0.465 e. The third kappa shape index (κ3) is 3.52. The minimum atomic E-state index is -0.530. The van der Waals surface area contributed by atoms with Crippen molar-refractivity contribution in [1.29, 1.82) is 0 Å². The van der Waals surface area contributed by atoms with Crippen molar-refractivity contribution in [2.45, 2.75) is 6.92 Å². The first-order valence-electron chi connectivity index (χ1n) is 6.67. The van der Waals surface area contributed by atoms with Gasteiger partial charge in [0.1, 0.15) is 0 Å². The minimum Gasteiger partial charge on any atom is -0.465 e. The topological polar surface area (TPSA) is 98.5 Å². The van der Waals surface area contributed by atoms with E-state index in [1.807, 2.05) is 0 Å². The molecule has 2 aromatic carbocycles. The molecule has 2 rings (SSSR count). The molecule has 0 unspecified atom stereocenters. The summed E-state index contributed by atoms with van der Waals surface area (Å²) >= 11 is 0. The average molecular weight is 314 g/mol. The summed E-state index contributed by atoms with van der Waals surface area (Å²) in [6.07, 6.45) is 0. The second kappa shape index (κ2) is 6.69. The molecule has 7 heteroatoms. The predicted molar refractivity (Wildman–Crippen MR) is 83.6 cm³/mol. The SMILES string of the molecule is COC(=O)c1ccc(NC(=O)c2cccc([N+](=O)[O-])c2C)cc1. The van der Waals surface area contributed by atoms with Gasteiger partial charge in [-0.2, -0.15) is 0 Å². The first-order valence-corrected chi connectivity index (χ1v) is 6.67. The van der Waals surface area contributed by atoms with E-state index < -0.39 is 16.8 Å². The lowest BCUT2D eigenvalue weighted by molar-refractivity contribution is -0.385. The van der Waals surface area contributed by atoms with Gasteiger partial charge in [-0.3, -0.25) is 14.9 Å². The summed E-state index contributed by atoms with van der Waals surface area (Å²) in [5.74, 6) is -0.936. The number of nitrogens with zero attached hydrogens (tertiary/aromatic N) is 1. The fourth-order valence-corrected chi connectivity index (χ4v) is 2.07. The Bertz CT molecular complexity index is 769. The number of nitro groups is 1. The third-order valence-electron chi connectivity index (χ3n) is 3.31. The maximum atomic E-state index is 12.3. The molecule has 0 heterocycles. The molecule has 0 spiro atoms. The van der Waals surface area contributed by atoms with Crippen molar-refractivity contribution in [2.24, 2.45) is 0 Å². The lowest BCUT2D eigenvalue weighted by atomic mass is 10.1. The molecular weight excluding hydrogens is 300 g/mol. The Morgan fingerprint density at radius 3 is 2.35 bits per heavy atom. The fourth-order valence-electron chi connectivity index (χ4n) is 2.07. The lowest BCUT2D eigenvalue weighted by Crippen LogP contribution is -2.14. The number of carbonyl (C=O) groups is 2. The van der Waals surface area contributed by atoms with Crippen LogP contribution in [0.3, 0.4) is 0 Å². The van der Waals surface area contributed by atoms with Crippen LogP contribution in [0.4, 0.5) is 11.4 Å². The van der Waals surface area contributed by atoms with E-state index in [1.54, 1.807) is 12.1 Å². The molecule has 0 aliphatic rings. The second-order valence-electron chi connectivity index (χ2n) is 4.73. The van der Waals surface area contributed by atoms with Crippen molar-refractivity contribution in [3.05, 3.63) is 69.3 Å². The zero-order chi connectivity index (χ0) is 17.0. The molecule has 7 nitrogen and oxygen atoms in total. The summed E-state index contributed by atoms with van der Waals surface area (Å²) in [5, 5.41) is 13.6. The molecule has 1 amide bonds. The molecule has 0 saturated carbocycles. The van der Waals surface area contributed by atoms with Crippen LogP contribution in [0.15, 0.2) is 42.5 Å². The number of hydrogen-bond donors (Lipinski definition) is 1. The number of nitrogens with one attached hydrogen (secondary N) is 1. The van der Waals surface area contributed by atoms with E-state index in [0.717, 1.165) is 0 Å². The summed E-state index contributed by atoms with van der Waals surface area (Å²) in [6, 6.07) is 10.5. The summed E-state index contributed by atoms with van der Waals surface area (Å²) in [7, 11) is 1.28. The van der Waals surface area contributed by atoms with Gasteiger partial charge in [-0.15, -0.1) is 0 Å². The highest BCUT2D eigenvalue weighted by Crippen LogP contribution is 2.22. The zero-order valence-corrected chi connectivity index (χ0v) is 12.5. The molecule has 2 aromatic rings. The fraction of sp³-hybridized carbons (Fsp3) is 0.125. The maximum absolute atomic E-state index is 12.3. The van der Waals surface area contributed by atoms with Gasteiger partial charge in [0.05, 0.1) is 17.6 Å². The van der Waals surface area contributed by atoms with E-state index >= 15 is 0 Å². The molecule has 118 valence electrons. The van der Waals surface area contributed by atoms with E-state index in [2.05, 4.69) is 10.1 Å². The number of methoxy groups -OCH3 is 1. The van der Waals surface area contributed by atoms with Gasteiger partial charge in [0.2, 0.25) is 0 Å². The van der Waals surface area contributed by atoms with Crippen LogP contribution in [0, 0.1) is 17.0 Å². The first-order chi connectivity index (χ1) is 10.9. The van der Waals surface area contributed by atoms with Gasteiger partial charge in [-0.05, 0) is 37.3 Å². The van der Waals surface area contributed by atoms with Gasteiger partial charge >= 0.3 is 5.97 Å². The number of ether oxygens (including phenoxy) is 1. The van der Waals surface area contributed by atoms with Crippen LogP contribution in [0.1, 0.15) is 26.3 Å². The molecule has 0 saturated heterocycles. The zero-order valence-electron chi connectivity index (χ0n) is 12.5.